The first kappa shape index (κ1) is 24.7. The average Bonchev–Trinajstić information content (AvgIpc) is 3.03. The van der Waals surface area contributed by atoms with Crippen molar-refractivity contribution in [2.24, 2.45) is 23.7 Å². The summed E-state index contributed by atoms with van der Waals surface area (Å²) in [5.41, 5.74) is -1.97. The zero-order valence-electron chi connectivity index (χ0n) is 19.7. The highest BCUT2D eigenvalue weighted by molar-refractivity contribution is 5.76. The van der Waals surface area contributed by atoms with Gasteiger partial charge in [0.05, 0.1) is 12.0 Å². The molecule has 2 heterocycles. The van der Waals surface area contributed by atoms with Crippen molar-refractivity contribution in [3.63, 3.8) is 0 Å². The van der Waals surface area contributed by atoms with E-state index in [-0.39, 0.29) is 54.7 Å². The van der Waals surface area contributed by atoms with E-state index in [2.05, 4.69) is 0 Å². The lowest BCUT2D eigenvalue weighted by atomic mass is 9.58. The van der Waals surface area contributed by atoms with Crippen LogP contribution in [0.15, 0.2) is 0 Å². The van der Waals surface area contributed by atoms with Crippen LogP contribution in [0.5, 0.6) is 0 Å². The number of rotatable bonds is 8. The maximum Gasteiger partial charge on any atom is 0.309 e. The van der Waals surface area contributed by atoms with Crippen LogP contribution < -0.4 is 0 Å². The van der Waals surface area contributed by atoms with Gasteiger partial charge >= 0.3 is 17.9 Å². The molecular weight excluding hydrogens is 416 g/mol. The molecule has 3 aliphatic rings. The van der Waals surface area contributed by atoms with Crippen molar-refractivity contribution < 1.29 is 38.5 Å². The Morgan fingerprint density at radius 2 is 1.91 bits per heavy atom. The molecule has 2 aliphatic heterocycles. The van der Waals surface area contributed by atoms with Crippen LogP contribution in [0.1, 0.15) is 79.6 Å². The number of aliphatic carboxylic acids is 1. The van der Waals surface area contributed by atoms with Crippen LogP contribution >= 0.6 is 0 Å². The fourth-order valence-electron chi connectivity index (χ4n) is 6.23. The fourth-order valence-corrected chi connectivity index (χ4v) is 6.23. The molecule has 0 aromatic heterocycles. The van der Waals surface area contributed by atoms with Gasteiger partial charge in [0.15, 0.2) is 0 Å². The quantitative estimate of drug-likeness (QED) is 0.558. The van der Waals surface area contributed by atoms with Crippen LogP contribution in [0.4, 0.5) is 0 Å². The Hall–Kier alpha value is -1.96. The normalized spacial score (nSPS) is 40.7. The van der Waals surface area contributed by atoms with Crippen molar-refractivity contribution in [3.8, 4) is 0 Å². The Morgan fingerprint density at radius 1 is 1.22 bits per heavy atom. The van der Waals surface area contributed by atoms with Crippen LogP contribution in [0, 0.1) is 23.7 Å². The standard InChI is InChI=1S/C24H36O8/c1-6-7-18(28)31-23(4)10-8-15-14(3)22(29)32-24(5,11-9-17(26)27)21-19(15)20(23)16(30-21)12-13(2)25/h14-16,19-21H,6-12H2,1-5H3,(H,26,27)/t14-,15+,16+,19+,20+,21+,23-,24+/m1/s1. The third-order valence-electron chi connectivity index (χ3n) is 7.73. The van der Waals surface area contributed by atoms with Gasteiger partial charge in [-0.3, -0.25) is 19.2 Å². The molecule has 8 heteroatoms. The molecule has 1 N–H and O–H groups in total. The number of ether oxygens (including phenoxy) is 3. The first-order valence-corrected chi connectivity index (χ1v) is 11.7. The minimum Gasteiger partial charge on any atom is -0.481 e. The zero-order chi connectivity index (χ0) is 23.8. The summed E-state index contributed by atoms with van der Waals surface area (Å²) in [6.07, 6.45) is 1.28. The molecule has 8 nitrogen and oxygen atoms in total. The first-order chi connectivity index (χ1) is 14.9. The summed E-state index contributed by atoms with van der Waals surface area (Å²) in [5.74, 6) is -2.56. The van der Waals surface area contributed by atoms with Gasteiger partial charge in [0.25, 0.3) is 0 Å². The number of cyclic esters (lactones) is 1. The van der Waals surface area contributed by atoms with Gasteiger partial charge in [-0.05, 0) is 52.4 Å². The van der Waals surface area contributed by atoms with Gasteiger partial charge in [0.2, 0.25) is 0 Å². The van der Waals surface area contributed by atoms with Crippen LogP contribution in [0.25, 0.3) is 0 Å². The molecule has 32 heavy (non-hydrogen) atoms. The highest BCUT2D eigenvalue weighted by atomic mass is 16.6. The lowest BCUT2D eigenvalue weighted by Crippen LogP contribution is -2.54. The summed E-state index contributed by atoms with van der Waals surface area (Å²) in [7, 11) is 0. The van der Waals surface area contributed by atoms with Gasteiger partial charge in [0.1, 0.15) is 23.1 Å². The van der Waals surface area contributed by atoms with Crippen LogP contribution in [-0.2, 0) is 33.4 Å². The molecule has 0 amide bonds. The number of carbonyl (C=O) groups excluding carboxylic acids is 3. The summed E-state index contributed by atoms with van der Waals surface area (Å²) >= 11 is 0. The van der Waals surface area contributed by atoms with Crippen molar-refractivity contribution in [1.82, 2.24) is 0 Å². The van der Waals surface area contributed by atoms with Gasteiger partial charge in [-0.25, -0.2) is 0 Å². The maximum absolute atomic E-state index is 12.9. The molecule has 0 unspecified atom stereocenters. The van der Waals surface area contributed by atoms with E-state index in [9.17, 15) is 24.3 Å². The van der Waals surface area contributed by atoms with Gasteiger partial charge < -0.3 is 19.3 Å². The number of Topliss-reactive ketones (excluding diaryl/α,β-unsaturated/α-hetero) is 1. The molecule has 0 spiro atoms. The summed E-state index contributed by atoms with van der Waals surface area (Å²) < 4.78 is 18.4. The van der Waals surface area contributed by atoms with Crippen molar-refractivity contribution in [3.05, 3.63) is 0 Å². The molecular formula is C24H36O8. The molecule has 8 atom stereocenters. The Bertz CT molecular complexity index is 778. The number of carboxylic acids is 1. The number of ketones is 1. The molecule has 3 fully saturated rings. The number of hydrogen-bond acceptors (Lipinski definition) is 7. The zero-order valence-corrected chi connectivity index (χ0v) is 19.7. The molecule has 3 rings (SSSR count). The van der Waals surface area contributed by atoms with Crippen molar-refractivity contribution in [2.45, 2.75) is 103 Å². The van der Waals surface area contributed by atoms with Crippen LogP contribution in [0.2, 0.25) is 0 Å². The molecule has 1 saturated carbocycles. The SMILES string of the molecule is CCCC(=O)O[C@]1(C)CC[C@@H]2[C@H]3[C@@H]1[C@H](CC(C)=O)O[C@@H]3[C@](C)(CCC(=O)O)OC(=O)[C@@H]2C. The van der Waals surface area contributed by atoms with E-state index in [4.69, 9.17) is 14.2 Å². The molecule has 2 saturated heterocycles. The second kappa shape index (κ2) is 9.12. The van der Waals surface area contributed by atoms with Crippen LogP contribution in [-0.4, -0.2) is 52.2 Å². The number of carbonyl (C=O) groups is 4. The molecule has 0 aromatic rings. The lowest BCUT2D eigenvalue weighted by Gasteiger charge is -2.48. The molecule has 0 radical (unpaired) electrons. The van der Waals surface area contributed by atoms with Crippen LogP contribution in [0.3, 0.4) is 0 Å². The lowest BCUT2D eigenvalue weighted by molar-refractivity contribution is -0.182. The summed E-state index contributed by atoms with van der Waals surface area (Å²) in [6.45, 7) is 8.90. The summed E-state index contributed by atoms with van der Waals surface area (Å²) in [6, 6.07) is 0. The van der Waals surface area contributed by atoms with E-state index in [1.165, 1.54) is 6.92 Å². The molecule has 0 aromatic carbocycles. The maximum atomic E-state index is 12.9. The second-order valence-electron chi connectivity index (χ2n) is 10.3. The average molecular weight is 453 g/mol. The predicted molar refractivity (Wildman–Crippen MR) is 114 cm³/mol. The smallest absolute Gasteiger partial charge is 0.309 e. The summed E-state index contributed by atoms with van der Waals surface area (Å²) in [4.78, 5) is 48.8. The number of hydrogen-bond donors (Lipinski definition) is 1. The Morgan fingerprint density at radius 3 is 2.50 bits per heavy atom. The first-order valence-electron chi connectivity index (χ1n) is 11.7. The largest absolute Gasteiger partial charge is 0.481 e. The fraction of sp³-hybridized carbons (Fsp3) is 0.833. The van der Waals surface area contributed by atoms with E-state index in [0.29, 0.717) is 25.7 Å². The second-order valence-corrected chi connectivity index (χ2v) is 10.3. The van der Waals surface area contributed by atoms with E-state index in [1.807, 2.05) is 20.8 Å². The van der Waals surface area contributed by atoms with E-state index < -0.39 is 35.3 Å². The third-order valence-corrected chi connectivity index (χ3v) is 7.73. The van der Waals surface area contributed by atoms with Gasteiger partial charge in [0, 0.05) is 31.1 Å². The van der Waals surface area contributed by atoms with Gasteiger partial charge in [-0.15, -0.1) is 0 Å². The van der Waals surface area contributed by atoms with Crippen molar-refractivity contribution >= 4 is 23.7 Å². The van der Waals surface area contributed by atoms with Crippen molar-refractivity contribution in [2.75, 3.05) is 0 Å². The Balaban J connectivity index is 2.05. The minimum absolute atomic E-state index is 0.0342. The Kier molecular flexibility index (Phi) is 7.03. The molecule has 0 bridgehead atoms. The van der Waals surface area contributed by atoms with E-state index in [1.54, 1.807) is 6.92 Å². The Labute approximate surface area is 189 Å². The third kappa shape index (κ3) is 4.56. The highest BCUT2D eigenvalue weighted by Crippen LogP contribution is 2.58. The molecule has 1 aliphatic carbocycles. The van der Waals surface area contributed by atoms with E-state index >= 15 is 0 Å². The number of esters is 2. The molecule has 180 valence electrons. The predicted octanol–water partition coefficient (Wildman–Crippen LogP) is 3.29. The summed E-state index contributed by atoms with van der Waals surface area (Å²) in [5, 5.41) is 9.27. The highest BCUT2D eigenvalue weighted by Gasteiger charge is 2.66. The minimum atomic E-state index is -1.14. The van der Waals surface area contributed by atoms with Gasteiger partial charge in [-0.1, -0.05) is 13.8 Å². The van der Waals surface area contributed by atoms with Gasteiger partial charge in [-0.2, -0.15) is 0 Å². The topological polar surface area (TPSA) is 116 Å². The monoisotopic (exact) mass is 452 g/mol. The van der Waals surface area contributed by atoms with E-state index in [0.717, 1.165) is 0 Å². The van der Waals surface area contributed by atoms with Crippen molar-refractivity contribution in [1.29, 1.82) is 0 Å². The number of carboxylic acid groups (broad SMARTS) is 1.